The molecular formula is C14H20N2OS. The number of carbonyl (C=O) groups excluding carboxylic acids is 1. The van der Waals surface area contributed by atoms with Crippen molar-refractivity contribution >= 4 is 23.4 Å². The highest BCUT2D eigenvalue weighted by Gasteiger charge is 2.21. The van der Waals surface area contributed by atoms with E-state index in [1.807, 2.05) is 23.9 Å². The van der Waals surface area contributed by atoms with E-state index in [2.05, 4.69) is 29.0 Å². The molecular weight excluding hydrogens is 244 g/mol. The van der Waals surface area contributed by atoms with Crippen LogP contribution in [0.25, 0.3) is 0 Å². The summed E-state index contributed by atoms with van der Waals surface area (Å²) in [5, 5.41) is 6.16. The molecule has 0 radical (unpaired) electrons. The normalized spacial score (nSPS) is 18.8. The van der Waals surface area contributed by atoms with Crippen molar-refractivity contribution in [3.05, 3.63) is 29.8 Å². The fraction of sp³-hybridized carbons (Fsp3) is 0.500. The van der Waals surface area contributed by atoms with Crippen molar-refractivity contribution in [2.45, 2.75) is 25.3 Å². The third-order valence-corrected chi connectivity index (χ3v) is 3.81. The van der Waals surface area contributed by atoms with Crippen LogP contribution >= 0.6 is 11.8 Å². The van der Waals surface area contributed by atoms with Gasteiger partial charge in [-0.25, -0.2) is 0 Å². The van der Waals surface area contributed by atoms with Gasteiger partial charge in [-0.15, -0.1) is 0 Å². The van der Waals surface area contributed by atoms with Crippen LogP contribution in [0.4, 0.5) is 5.69 Å². The van der Waals surface area contributed by atoms with Gasteiger partial charge < -0.3 is 10.6 Å². The Morgan fingerprint density at radius 2 is 2.22 bits per heavy atom. The van der Waals surface area contributed by atoms with Crippen molar-refractivity contribution in [3.63, 3.8) is 0 Å². The standard InChI is InChI=1S/C14H20N2OS/c1-18-10-8-11-4-6-12(7-5-11)16-14(17)13-3-2-9-15-13/h4-7,13,15H,2-3,8-10H2,1H3,(H,16,17). The van der Waals surface area contributed by atoms with Crippen LogP contribution in [0.5, 0.6) is 0 Å². The van der Waals surface area contributed by atoms with E-state index in [4.69, 9.17) is 0 Å². The van der Waals surface area contributed by atoms with Gasteiger partial charge in [-0.1, -0.05) is 12.1 Å². The lowest BCUT2D eigenvalue weighted by Crippen LogP contribution is -2.35. The molecule has 1 saturated heterocycles. The lowest BCUT2D eigenvalue weighted by Gasteiger charge is -2.11. The Kier molecular flexibility index (Phi) is 5.08. The number of benzene rings is 1. The first kappa shape index (κ1) is 13.4. The maximum Gasteiger partial charge on any atom is 0.241 e. The Hall–Kier alpha value is -1.00. The Labute approximate surface area is 113 Å². The first-order chi connectivity index (χ1) is 8.79. The van der Waals surface area contributed by atoms with E-state index in [-0.39, 0.29) is 11.9 Å². The highest BCUT2D eigenvalue weighted by Crippen LogP contribution is 2.13. The van der Waals surface area contributed by atoms with Gasteiger partial charge in [0, 0.05) is 5.69 Å². The van der Waals surface area contributed by atoms with E-state index in [1.165, 1.54) is 5.56 Å². The third-order valence-electron chi connectivity index (χ3n) is 3.19. The zero-order chi connectivity index (χ0) is 12.8. The average molecular weight is 264 g/mol. The Balaban J connectivity index is 1.87. The second-order valence-electron chi connectivity index (χ2n) is 4.58. The molecule has 0 bridgehead atoms. The summed E-state index contributed by atoms with van der Waals surface area (Å²) in [6, 6.07) is 8.15. The molecule has 2 rings (SSSR count). The molecule has 18 heavy (non-hydrogen) atoms. The predicted molar refractivity (Wildman–Crippen MR) is 78.2 cm³/mol. The van der Waals surface area contributed by atoms with Crippen molar-refractivity contribution in [2.75, 3.05) is 23.9 Å². The van der Waals surface area contributed by atoms with Crippen LogP contribution in [0.2, 0.25) is 0 Å². The van der Waals surface area contributed by atoms with Crippen LogP contribution < -0.4 is 10.6 Å². The molecule has 0 saturated carbocycles. The minimum atomic E-state index is -0.0128. The van der Waals surface area contributed by atoms with Gasteiger partial charge in [-0.05, 0) is 55.5 Å². The summed E-state index contributed by atoms with van der Waals surface area (Å²) in [5.41, 5.74) is 2.21. The summed E-state index contributed by atoms with van der Waals surface area (Å²) in [4.78, 5) is 11.9. The maximum absolute atomic E-state index is 11.9. The molecule has 4 heteroatoms. The van der Waals surface area contributed by atoms with E-state index in [0.29, 0.717) is 0 Å². The number of anilines is 1. The van der Waals surface area contributed by atoms with E-state index >= 15 is 0 Å². The minimum absolute atomic E-state index is 0.0128. The highest BCUT2D eigenvalue weighted by atomic mass is 32.2. The third kappa shape index (κ3) is 3.75. The van der Waals surface area contributed by atoms with Gasteiger partial charge in [0.25, 0.3) is 0 Å². The van der Waals surface area contributed by atoms with Crippen LogP contribution in [0, 0.1) is 0 Å². The first-order valence-electron chi connectivity index (χ1n) is 6.42. The molecule has 2 N–H and O–H groups in total. The van der Waals surface area contributed by atoms with Crippen LogP contribution in [0.3, 0.4) is 0 Å². The van der Waals surface area contributed by atoms with Gasteiger partial charge in [0.2, 0.25) is 5.91 Å². The number of carbonyl (C=O) groups is 1. The lowest BCUT2D eigenvalue weighted by molar-refractivity contribution is -0.117. The number of nitrogens with one attached hydrogen (secondary N) is 2. The molecule has 0 aromatic heterocycles. The summed E-state index contributed by atoms with van der Waals surface area (Å²) in [5.74, 6) is 1.22. The maximum atomic E-state index is 11.9. The summed E-state index contributed by atoms with van der Waals surface area (Å²) in [7, 11) is 0. The second kappa shape index (κ2) is 6.81. The van der Waals surface area contributed by atoms with Crippen LogP contribution in [0.1, 0.15) is 18.4 Å². The average Bonchev–Trinajstić information content (AvgIpc) is 2.92. The molecule has 0 spiro atoms. The Morgan fingerprint density at radius 1 is 1.44 bits per heavy atom. The largest absolute Gasteiger partial charge is 0.325 e. The van der Waals surface area contributed by atoms with Crippen molar-refractivity contribution in [1.82, 2.24) is 5.32 Å². The zero-order valence-electron chi connectivity index (χ0n) is 10.7. The summed E-state index contributed by atoms with van der Waals surface area (Å²) < 4.78 is 0. The molecule has 1 atom stereocenters. The minimum Gasteiger partial charge on any atom is -0.325 e. The quantitative estimate of drug-likeness (QED) is 0.857. The van der Waals surface area contributed by atoms with E-state index in [1.54, 1.807) is 0 Å². The van der Waals surface area contributed by atoms with Gasteiger partial charge in [0.05, 0.1) is 6.04 Å². The molecule has 1 aromatic carbocycles. The van der Waals surface area contributed by atoms with E-state index < -0.39 is 0 Å². The fourth-order valence-electron chi connectivity index (χ4n) is 2.11. The Bertz CT molecular complexity index is 385. The summed E-state index contributed by atoms with van der Waals surface area (Å²) in [6.45, 7) is 0.950. The van der Waals surface area contributed by atoms with Gasteiger partial charge in [0.1, 0.15) is 0 Å². The highest BCUT2D eigenvalue weighted by molar-refractivity contribution is 7.98. The molecule has 1 aliphatic heterocycles. The SMILES string of the molecule is CSCCc1ccc(NC(=O)C2CCCN2)cc1. The zero-order valence-corrected chi connectivity index (χ0v) is 11.6. The van der Waals surface area contributed by atoms with Crippen LogP contribution in [0.15, 0.2) is 24.3 Å². The number of thioether (sulfide) groups is 1. The molecule has 1 fully saturated rings. The number of hydrogen-bond acceptors (Lipinski definition) is 3. The van der Waals surface area contributed by atoms with Gasteiger partial charge in [-0.2, -0.15) is 11.8 Å². The molecule has 1 aromatic rings. The van der Waals surface area contributed by atoms with Crippen molar-refractivity contribution in [2.24, 2.45) is 0 Å². The molecule has 1 heterocycles. The predicted octanol–water partition coefficient (Wildman–Crippen LogP) is 2.28. The smallest absolute Gasteiger partial charge is 0.241 e. The van der Waals surface area contributed by atoms with Crippen molar-refractivity contribution in [3.8, 4) is 0 Å². The second-order valence-corrected chi connectivity index (χ2v) is 5.56. The van der Waals surface area contributed by atoms with Gasteiger partial charge >= 0.3 is 0 Å². The first-order valence-corrected chi connectivity index (χ1v) is 7.81. The topological polar surface area (TPSA) is 41.1 Å². The summed E-state index contributed by atoms with van der Waals surface area (Å²) >= 11 is 1.85. The van der Waals surface area contributed by atoms with Crippen molar-refractivity contribution < 1.29 is 4.79 Å². The van der Waals surface area contributed by atoms with Crippen LogP contribution in [-0.2, 0) is 11.2 Å². The molecule has 3 nitrogen and oxygen atoms in total. The Morgan fingerprint density at radius 3 is 2.83 bits per heavy atom. The number of amides is 1. The molecule has 1 amide bonds. The number of aryl methyl sites for hydroxylation is 1. The monoisotopic (exact) mass is 264 g/mol. The van der Waals surface area contributed by atoms with E-state index in [9.17, 15) is 4.79 Å². The molecule has 98 valence electrons. The van der Waals surface area contributed by atoms with Gasteiger partial charge in [-0.3, -0.25) is 4.79 Å². The number of hydrogen-bond donors (Lipinski definition) is 2. The van der Waals surface area contributed by atoms with Crippen molar-refractivity contribution in [1.29, 1.82) is 0 Å². The molecule has 1 aliphatic rings. The van der Waals surface area contributed by atoms with E-state index in [0.717, 1.165) is 37.2 Å². The number of rotatable bonds is 5. The molecule has 0 aliphatic carbocycles. The van der Waals surface area contributed by atoms with Gasteiger partial charge in [0.15, 0.2) is 0 Å². The fourth-order valence-corrected chi connectivity index (χ4v) is 2.55. The summed E-state index contributed by atoms with van der Waals surface area (Å²) in [6.07, 6.45) is 5.23. The molecule has 1 unspecified atom stereocenters. The van der Waals surface area contributed by atoms with Crippen LogP contribution in [-0.4, -0.2) is 30.5 Å². The lowest BCUT2D eigenvalue weighted by atomic mass is 10.1.